The minimum Gasteiger partial charge on any atom is -0.504 e. The van der Waals surface area contributed by atoms with Crippen molar-refractivity contribution in [2.24, 2.45) is 0 Å². The highest BCUT2D eigenvalue weighted by Gasteiger charge is 2.19. The van der Waals surface area contributed by atoms with Gasteiger partial charge in [-0.05, 0) is 19.1 Å². The van der Waals surface area contributed by atoms with Gasteiger partial charge in [0, 0.05) is 6.54 Å². The Morgan fingerprint density at radius 1 is 1.50 bits per heavy atom. The molecule has 0 bridgehead atoms. The van der Waals surface area contributed by atoms with Crippen molar-refractivity contribution in [1.29, 1.82) is 0 Å². The zero-order chi connectivity index (χ0) is 13.1. The number of nitrogens with two attached hydrogens (primary N) is 1. The van der Waals surface area contributed by atoms with Gasteiger partial charge in [0.2, 0.25) is 0 Å². The molecule has 0 aliphatic carbocycles. The quantitative estimate of drug-likeness (QED) is 0.632. The zero-order valence-corrected chi connectivity index (χ0v) is 9.83. The van der Waals surface area contributed by atoms with Crippen molar-refractivity contribution in [2.75, 3.05) is 5.73 Å². The number of phenolic OH excluding ortho intramolecular Hbond substituents is 1. The van der Waals surface area contributed by atoms with Gasteiger partial charge in [0.05, 0.1) is 11.9 Å². The second-order valence-electron chi connectivity index (χ2n) is 3.62. The maximum atomic E-state index is 12.0. The van der Waals surface area contributed by atoms with Crippen LogP contribution < -0.4 is 10.5 Å². The van der Waals surface area contributed by atoms with Crippen LogP contribution in [0.5, 0.6) is 11.5 Å². The van der Waals surface area contributed by atoms with Gasteiger partial charge in [0.15, 0.2) is 17.2 Å². The molecule has 0 radical (unpaired) electrons. The molecule has 0 amide bonds. The summed E-state index contributed by atoms with van der Waals surface area (Å²) in [6, 6.07) is 6.22. The Labute approximate surface area is 104 Å². The van der Waals surface area contributed by atoms with Gasteiger partial charge in [-0.15, -0.1) is 0 Å². The number of nitrogens with zero attached hydrogens (tertiary/aromatic N) is 2. The Bertz CT molecular complexity index is 578. The highest BCUT2D eigenvalue weighted by atomic mass is 16.5. The molecule has 6 nitrogen and oxygen atoms in total. The molecule has 2 aromatic rings. The standard InChI is InChI=1S/C12H13N3O3/c1-2-15-11(8(13)7-14-15)12(17)18-10-6-4-3-5-9(10)16/h3-7,16H,2,13H2,1H3. The molecule has 0 saturated heterocycles. The highest BCUT2D eigenvalue weighted by molar-refractivity contribution is 5.94. The second-order valence-corrected chi connectivity index (χ2v) is 3.62. The van der Waals surface area contributed by atoms with Crippen molar-refractivity contribution >= 4 is 11.7 Å². The summed E-state index contributed by atoms with van der Waals surface area (Å²) in [6.07, 6.45) is 1.39. The predicted octanol–water partition coefficient (Wildman–Crippen LogP) is 1.41. The molecule has 0 fully saturated rings. The molecule has 0 spiro atoms. The van der Waals surface area contributed by atoms with Gasteiger partial charge in [-0.1, -0.05) is 12.1 Å². The van der Waals surface area contributed by atoms with Crippen molar-refractivity contribution < 1.29 is 14.6 Å². The highest BCUT2D eigenvalue weighted by Crippen LogP contribution is 2.26. The number of esters is 1. The average molecular weight is 247 g/mol. The molecule has 1 aromatic carbocycles. The monoisotopic (exact) mass is 247 g/mol. The number of carbonyl (C=O) groups is 1. The number of aromatic hydroxyl groups is 1. The summed E-state index contributed by atoms with van der Waals surface area (Å²) in [5.41, 5.74) is 6.09. The number of phenols is 1. The van der Waals surface area contributed by atoms with E-state index in [4.69, 9.17) is 10.5 Å². The number of hydrogen-bond donors (Lipinski definition) is 2. The minimum atomic E-state index is -0.645. The molecule has 6 heteroatoms. The normalized spacial score (nSPS) is 10.3. The van der Waals surface area contributed by atoms with Crippen LogP contribution in [0.4, 0.5) is 5.69 Å². The van der Waals surface area contributed by atoms with Gasteiger partial charge >= 0.3 is 5.97 Å². The largest absolute Gasteiger partial charge is 0.504 e. The molecular weight excluding hydrogens is 234 g/mol. The van der Waals surface area contributed by atoms with Crippen molar-refractivity contribution in [3.05, 3.63) is 36.2 Å². The zero-order valence-electron chi connectivity index (χ0n) is 9.83. The molecule has 0 unspecified atom stereocenters. The van der Waals surface area contributed by atoms with Crippen LogP contribution in [-0.2, 0) is 6.54 Å². The van der Waals surface area contributed by atoms with E-state index < -0.39 is 5.97 Å². The molecule has 1 heterocycles. The van der Waals surface area contributed by atoms with E-state index in [1.54, 1.807) is 12.1 Å². The number of benzene rings is 1. The van der Waals surface area contributed by atoms with E-state index in [2.05, 4.69) is 5.10 Å². The van der Waals surface area contributed by atoms with Gasteiger partial charge in [0.1, 0.15) is 0 Å². The van der Waals surface area contributed by atoms with Crippen LogP contribution in [0.25, 0.3) is 0 Å². The summed E-state index contributed by atoms with van der Waals surface area (Å²) in [7, 11) is 0. The number of aromatic nitrogens is 2. The predicted molar refractivity (Wildman–Crippen MR) is 65.4 cm³/mol. The van der Waals surface area contributed by atoms with Crippen molar-refractivity contribution in [1.82, 2.24) is 9.78 Å². The number of para-hydroxylation sites is 2. The fourth-order valence-corrected chi connectivity index (χ4v) is 1.55. The summed E-state index contributed by atoms with van der Waals surface area (Å²) in [5.74, 6) is -0.661. The SMILES string of the molecule is CCn1ncc(N)c1C(=O)Oc1ccccc1O. The van der Waals surface area contributed by atoms with E-state index in [1.807, 2.05) is 6.92 Å². The lowest BCUT2D eigenvalue weighted by atomic mass is 10.3. The number of aryl methyl sites for hydroxylation is 1. The molecule has 18 heavy (non-hydrogen) atoms. The van der Waals surface area contributed by atoms with Gasteiger partial charge in [-0.25, -0.2) is 4.79 Å². The van der Waals surface area contributed by atoms with Gasteiger partial charge in [0.25, 0.3) is 0 Å². The maximum absolute atomic E-state index is 12.0. The van der Waals surface area contributed by atoms with Crippen molar-refractivity contribution in [3.63, 3.8) is 0 Å². The third-order valence-electron chi connectivity index (χ3n) is 2.43. The average Bonchev–Trinajstić information content (AvgIpc) is 2.73. The van der Waals surface area contributed by atoms with E-state index in [1.165, 1.54) is 23.0 Å². The second kappa shape index (κ2) is 4.79. The van der Waals surface area contributed by atoms with Crippen LogP contribution >= 0.6 is 0 Å². The summed E-state index contributed by atoms with van der Waals surface area (Å²) < 4.78 is 6.53. The van der Waals surface area contributed by atoms with Crippen molar-refractivity contribution in [3.8, 4) is 11.5 Å². The first-order chi connectivity index (χ1) is 8.63. The number of hydrogen-bond acceptors (Lipinski definition) is 5. The molecule has 0 atom stereocenters. The maximum Gasteiger partial charge on any atom is 0.364 e. The third-order valence-corrected chi connectivity index (χ3v) is 2.43. The van der Waals surface area contributed by atoms with E-state index in [9.17, 15) is 9.90 Å². The van der Waals surface area contributed by atoms with Gasteiger partial charge in [-0.2, -0.15) is 5.10 Å². The molecule has 1 aromatic heterocycles. The van der Waals surface area contributed by atoms with Crippen LogP contribution in [0.2, 0.25) is 0 Å². The molecule has 2 rings (SSSR count). The van der Waals surface area contributed by atoms with Crippen LogP contribution in [-0.4, -0.2) is 20.9 Å². The van der Waals surface area contributed by atoms with E-state index in [0.29, 0.717) is 6.54 Å². The molecule has 0 aliphatic heterocycles. The number of nitrogen functional groups attached to an aromatic ring is 1. The number of ether oxygens (including phenoxy) is 1. The first-order valence-electron chi connectivity index (χ1n) is 5.45. The fourth-order valence-electron chi connectivity index (χ4n) is 1.55. The first-order valence-corrected chi connectivity index (χ1v) is 5.45. The Morgan fingerprint density at radius 2 is 2.22 bits per heavy atom. The number of carbonyl (C=O) groups excluding carboxylic acids is 1. The summed E-state index contributed by atoms with van der Waals surface area (Å²) in [4.78, 5) is 12.0. The lowest BCUT2D eigenvalue weighted by Crippen LogP contribution is -2.16. The van der Waals surface area contributed by atoms with E-state index in [0.717, 1.165) is 0 Å². The van der Waals surface area contributed by atoms with Crippen LogP contribution in [0.15, 0.2) is 30.5 Å². The smallest absolute Gasteiger partial charge is 0.364 e. The van der Waals surface area contributed by atoms with E-state index >= 15 is 0 Å². The summed E-state index contributed by atoms with van der Waals surface area (Å²) >= 11 is 0. The minimum absolute atomic E-state index is 0.0887. The Kier molecular flexibility index (Phi) is 3.18. The molecular formula is C12H13N3O3. The van der Waals surface area contributed by atoms with Gasteiger partial charge in [-0.3, -0.25) is 4.68 Å². The molecule has 0 saturated carbocycles. The topological polar surface area (TPSA) is 90.4 Å². The van der Waals surface area contributed by atoms with E-state index in [-0.39, 0.29) is 22.9 Å². The fraction of sp³-hybridized carbons (Fsp3) is 0.167. The van der Waals surface area contributed by atoms with Gasteiger partial charge < -0.3 is 15.6 Å². The number of anilines is 1. The van der Waals surface area contributed by atoms with Crippen molar-refractivity contribution in [2.45, 2.75) is 13.5 Å². The first kappa shape index (κ1) is 12.0. The lowest BCUT2D eigenvalue weighted by Gasteiger charge is -2.07. The van der Waals surface area contributed by atoms with Crippen LogP contribution in [0, 0.1) is 0 Å². The Balaban J connectivity index is 2.28. The molecule has 94 valence electrons. The Morgan fingerprint density at radius 3 is 2.89 bits per heavy atom. The third kappa shape index (κ3) is 2.13. The van der Waals surface area contributed by atoms with Crippen LogP contribution in [0.3, 0.4) is 0 Å². The Hall–Kier alpha value is -2.50. The lowest BCUT2D eigenvalue weighted by molar-refractivity contribution is 0.0718. The summed E-state index contributed by atoms with van der Waals surface area (Å²) in [6.45, 7) is 2.34. The van der Waals surface area contributed by atoms with Crippen LogP contribution in [0.1, 0.15) is 17.4 Å². The molecule has 0 aliphatic rings. The summed E-state index contributed by atoms with van der Waals surface area (Å²) in [5, 5.41) is 13.5. The molecule has 3 N–H and O–H groups in total. The number of rotatable bonds is 3.